The molecule has 0 saturated carbocycles. The number of amides is 2. The molecule has 2 amide bonds. The van der Waals surface area contributed by atoms with Gasteiger partial charge >= 0.3 is 0 Å². The van der Waals surface area contributed by atoms with Gasteiger partial charge < -0.3 is 10.2 Å². The molecule has 0 bridgehead atoms. The smallest absolute Gasteiger partial charge is 0.253 e. The van der Waals surface area contributed by atoms with Crippen molar-refractivity contribution < 1.29 is 14.4 Å². The first-order valence-corrected chi connectivity index (χ1v) is 7.67. The Hall–Kier alpha value is -1.53. The zero-order chi connectivity index (χ0) is 15.6. The van der Waals surface area contributed by atoms with Gasteiger partial charge in [-0.1, -0.05) is 23.4 Å². The minimum atomic E-state index is -0.280. The molecule has 0 spiro atoms. The highest BCUT2D eigenvalue weighted by Crippen LogP contribution is 2.32. The van der Waals surface area contributed by atoms with Crippen LogP contribution >= 0.6 is 23.4 Å². The summed E-state index contributed by atoms with van der Waals surface area (Å²) in [5.41, 5.74) is 0.877. The summed E-state index contributed by atoms with van der Waals surface area (Å²) in [7, 11) is 1.53. The average Bonchev–Trinajstić information content (AvgIpc) is 2.77. The van der Waals surface area contributed by atoms with Crippen LogP contribution in [-0.4, -0.2) is 35.8 Å². The second kappa shape index (κ2) is 6.49. The van der Waals surface area contributed by atoms with E-state index < -0.39 is 0 Å². The lowest BCUT2D eigenvalue weighted by Crippen LogP contribution is -2.29. The van der Waals surface area contributed by atoms with Crippen LogP contribution in [0.5, 0.6) is 0 Å². The van der Waals surface area contributed by atoms with Crippen LogP contribution in [-0.2, 0) is 9.59 Å². The highest BCUT2D eigenvalue weighted by molar-refractivity contribution is 8.14. The zero-order valence-corrected chi connectivity index (χ0v) is 13.3. The second-order valence-corrected chi connectivity index (χ2v) is 6.59. The second-order valence-electron chi connectivity index (χ2n) is 4.68. The van der Waals surface area contributed by atoms with E-state index in [9.17, 15) is 14.4 Å². The van der Waals surface area contributed by atoms with E-state index >= 15 is 0 Å². The highest BCUT2D eigenvalue weighted by atomic mass is 35.5. The molecule has 0 aromatic heterocycles. The molecule has 1 aromatic rings. The van der Waals surface area contributed by atoms with Crippen LogP contribution in [0.3, 0.4) is 0 Å². The van der Waals surface area contributed by atoms with Crippen LogP contribution < -0.4 is 10.2 Å². The third-order valence-electron chi connectivity index (χ3n) is 3.14. The molecule has 5 nitrogen and oxygen atoms in total. The predicted molar refractivity (Wildman–Crippen MR) is 83.9 cm³/mol. The number of carbonyl (C=O) groups is 3. The first kappa shape index (κ1) is 15.9. The Morgan fingerprint density at radius 1 is 1.43 bits per heavy atom. The quantitative estimate of drug-likeness (QED) is 0.923. The molecule has 1 saturated heterocycles. The fourth-order valence-electron chi connectivity index (χ4n) is 2.28. The molecule has 1 unspecified atom stereocenters. The minimum Gasteiger partial charge on any atom is -0.355 e. The molecule has 1 heterocycles. The number of rotatable bonds is 3. The van der Waals surface area contributed by atoms with E-state index in [-0.39, 0.29) is 28.6 Å². The van der Waals surface area contributed by atoms with E-state index in [0.717, 1.165) is 11.8 Å². The van der Waals surface area contributed by atoms with Crippen molar-refractivity contribution in [3.8, 4) is 0 Å². The maximum Gasteiger partial charge on any atom is 0.253 e. The lowest BCUT2D eigenvalue weighted by Gasteiger charge is -2.20. The van der Waals surface area contributed by atoms with E-state index in [1.54, 1.807) is 18.2 Å². The molecule has 1 aliphatic heterocycles. The number of thioether (sulfide) groups is 1. The summed E-state index contributed by atoms with van der Waals surface area (Å²) >= 11 is 7.14. The van der Waals surface area contributed by atoms with Gasteiger partial charge in [-0.2, -0.15) is 0 Å². The van der Waals surface area contributed by atoms with E-state index in [1.807, 2.05) is 0 Å². The number of hydrogen-bond donors (Lipinski definition) is 1. The van der Waals surface area contributed by atoms with Gasteiger partial charge in [-0.05, 0) is 18.2 Å². The summed E-state index contributed by atoms with van der Waals surface area (Å²) < 4.78 is 0. The van der Waals surface area contributed by atoms with Crippen molar-refractivity contribution in [3.63, 3.8) is 0 Å². The molecule has 7 heteroatoms. The Bertz CT molecular complexity index is 606. The summed E-state index contributed by atoms with van der Waals surface area (Å²) in [6, 6.07) is 4.80. The number of hydrogen-bond acceptors (Lipinski definition) is 4. The molecule has 1 atom stereocenters. The van der Waals surface area contributed by atoms with Crippen molar-refractivity contribution in [1.82, 2.24) is 5.32 Å². The normalized spacial score (nSPS) is 18.0. The van der Waals surface area contributed by atoms with Crippen LogP contribution in [0.15, 0.2) is 18.2 Å². The van der Waals surface area contributed by atoms with E-state index in [4.69, 9.17) is 11.6 Å². The van der Waals surface area contributed by atoms with E-state index in [1.165, 1.54) is 18.9 Å². The van der Waals surface area contributed by atoms with Crippen molar-refractivity contribution in [2.45, 2.75) is 18.6 Å². The molecule has 0 aliphatic carbocycles. The van der Waals surface area contributed by atoms with Gasteiger partial charge in [-0.15, -0.1) is 0 Å². The fourth-order valence-corrected chi connectivity index (χ4v) is 3.36. The Labute approximate surface area is 132 Å². The van der Waals surface area contributed by atoms with Gasteiger partial charge in [0.05, 0.1) is 11.3 Å². The van der Waals surface area contributed by atoms with Gasteiger partial charge in [0, 0.05) is 37.2 Å². The van der Waals surface area contributed by atoms with Gasteiger partial charge in [0.1, 0.15) is 0 Å². The Balaban J connectivity index is 2.33. The van der Waals surface area contributed by atoms with E-state index in [2.05, 4.69) is 5.32 Å². The lowest BCUT2D eigenvalue weighted by molar-refractivity contribution is -0.117. The molecular weight excluding hydrogens is 312 g/mol. The maximum absolute atomic E-state index is 12.2. The molecule has 1 aromatic carbocycles. The molecule has 112 valence electrons. The minimum absolute atomic E-state index is 0.0210. The van der Waals surface area contributed by atoms with Crippen LogP contribution in [0.4, 0.5) is 5.69 Å². The van der Waals surface area contributed by atoms with Crippen molar-refractivity contribution in [2.24, 2.45) is 0 Å². The lowest BCUT2D eigenvalue weighted by atomic mass is 10.1. The van der Waals surface area contributed by atoms with Gasteiger partial charge in [0.15, 0.2) is 5.12 Å². The Morgan fingerprint density at radius 2 is 2.14 bits per heavy atom. The number of halogens is 1. The van der Waals surface area contributed by atoms with Crippen molar-refractivity contribution in [3.05, 3.63) is 28.8 Å². The highest BCUT2D eigenvalue weighted by Gasteiger charge is 2.33. The van der Waals surface area contributed by atoms with Crippen LogP contribution in [0, 0.1) is 0 Å². The van der Waals surface area contributed by atoms with Crippen molar-refractivity contribution in [2.75, 3.05) is 18.5 Å². The zero-order valence-electron chi connectivity index (χ0n) is 11.7. The van der Waals surface area contributed by atoms with Gasteiger partial charge in [0.2, 0.25) is 5.91 Å². The van der Waals surface area contributed by atoms with E-state index in [0.29, 0.717) is 22.8 Å². The van der Waals surface area contributed by atoms with Crippen LogP contribution in [0.1, 0.15) is 23.7 Å². The first-order chi connectivity index (χ1) is 9.92. The molecular formula is C14H15ClN2O3S. The molecule has 1 fully saturated rings. The number of benzene rings is 1. The van der Waals surface area contributed by atoms with Crippen LogP contribution in [0.2, 0.25) is 5.02 Å². The molecule has 0 radical (unpaired) electrons. The summed E-state index contributed by atoms with van der Waals surface area (Å²) in [5, 5.41) is 2.88. The standard InChI is InChI=1S/C14H15ClN2O3S/c1-8(18)21-10-6-13(19)17(7-10)12-5-9(15)3-4-11(12)14(20)16-2/h3-5,10H,6-7H2,1-2H3,(H,16,20). The first-order valence-electron chi connectivity index (χ1n) is 6.41. The Morgan fingerprint density at radius 3 is 2.76 bits per heavy atom. The van der Waals surface area contributed by atoms with Gasteiger partial charge in [-0.25, -0.2) is 0 Å². The molecule has 2 rings (SSSR count). The number of carbonyl (C=O) groups excluding carboxylic acids is 3. The third-order valence-corrected chi connectivity index (χ3v) is 4.36. The summed E-state index contributed by atoms with van der Waals surface area (Å²) in [5.74, 6) is -0.390. The predicted octanol–water partition coefficient (Wildman–Crippen LogP) is 2.08. The van der Waals surface area contributed by atoms with Crippen molar-refractivity contribution in [1.29, 1.82) is 0 Å². The number of anilines is 1. The topological polar surface area (TPSA) is 66.5 Å². The molecule has 21 heavy (non-hydrogen) atoms. The SMILES string of the molecule is CNC(=O)c1ccc(Cl)cc1N1CC(SC(C)=O)CC1=O. The van der Waals surface area contributed by atoms with Crippen molar-refractivity contribution >= 4 is 46.0 Å². The van der Waals surface area contributed by atoms with Crippen LogP contribution in [0.25, 0.3) is 0 Å². The fraction of sp³-hybridized carbons (Fsp3) is 0.357. The number of nitrogens with zero attached hydrogens (tertiary/aromatic N) is 1. The summed E-state index contributed by atoms with van der Waals surface area (Å²) in [6.07, 6.45) is 0.282. The Kier molecular flexibility index (Phi) is 4.90. The number of nitrogens with one attached hydrogen (secondary N) is 1. The summed E-state index contributed by atoms with van der Waals surface area (Å²) in [6.45, 7) is 1.88. The van der Waals surface area contributed by atoms with Gasteiger partial charge in [0.25, 0.3) is 5.91 Å². The third kappa shape index (κ3) is 3.57. The molecule has 1 N–H and O–H groups in total. The monoisotopic (exact) mass is 326 g/mol. The average molecular weight is 327 g/mol. The summed E-state index contributed by atoms with van der Waals surface area (Å²) in [4.78, 5) is 36.8. The molecule has 1 aliphatic rings. The van der Waals surface area contributed by atoms with Gasteiger partial charge in [-0.3, -0.25) is 14.4 Å². The maximum atomic E-state index is 12.2. The largest absolute Gasteiger partial charge is 0.355 e.